The first-order valence-electron chi connectivity index (χ1n) is 8.34. The predicted molar refractivity (Wildman–Crippen MR) is 104 cm³/mol. The first-order valence-corrected chi connectivity index (χ1v) is 9.16. The van der Waals surface area contributed by atoms with Crippen molar-refractivity contribution in [3.05, 3.63) is 65.7 Å². The van der Waals surface area contributed by atoms with Gasteiger partial charge in [-0.15, -0.1) is 0 Å². The fourth-order valence-corrected chi connectivity index (χ4v) is 3.60. The van der Waals surface area contributed by atoms with Gasteiger partial charge in [0.05, 0.1) is 0 Å². The molecule has 2 nitrogen and oxygen atoms in total. The topological polar surface area (TPSA) is 29.1 Å². The number of carbonyl (C=O) groups excluding carboxylic acids is 1. The molecule has 0 heterocycles. The van der Waals surface area contributed by atoms with Crippen molar-refractivity contribution in [2.45, 2.75) is 42.9 Å². The molecule has 0 saturated heterocycles. The van der Waals surface area contributed by atoms with E-state index in [2.05, 4.69) is 43.1 Å². The molecule has 0 aliphatic carbocycles. The molecule has 0 spiro atoms. The van der Waals surface area contributed by atoms with Crippen molar-refractivity contribution >= 4 is 23.2 Å². The predicted octanol–water partition coefficient (Wildman–Crippen LogP) is 5.71. The molecular formula is C21H25NOS. The highest BCUT2D eigenvalue weighted by atomic mass is 32.2. The van der Waals surface area contributed by atoms with Crippen LogP contribution in [-0.4, -0.2) is 13.0 Å². The molecule has 0 aliphatic heterocycles. The standard InChI is InChI=1S/C21H25NOS/c1-5-6-9-15(2)18-10-7-8-11-20(18)24-19-13-12-17(14-16(19)3)21(23)22-4/h7-8,10-14H,2,5-6,9H2,1,3-4H3,(H,22,23). The van der Waals surface area contributed by atoms with E-state index in [1.807, 2.05) is 25.1 Å². The molecule has 0 bridgehead atoms. The van der Waals surface area contributed by atoms with Crippen molar-refractivity contribution in [2.75, 3.05) is 7.05 Å². The van der Waals surface area contributed by atoms with Gasteiger partial charge in [-0.3, -0.25) is 4.79 Å². The lowest BCUT2D eigenvalue weighted by atomic mass is 10.0. The van der Waals surface area contributed by atoms with Crippen LogP contribution < -0.4 is 5.32 Å². The second-order valence-corrected chi connectivity index (χ2v) is 6.95. The number of hydrogen-bond donors (Lipinski definition) is 1. The van der Waals surface area contributed by atoms with Gasteiger partial charge in [0.15, 0.2) is 0 Å². The minimum atomic E-state index is -0.0528. The third-order valence-corrected chi connectivity index (χ3v) is 5.24. The maximum atomic E-state index is 11.7. The van der Waals surface area contributed by atoms with Crippen LogP contribution in [0.1, 0.15) is 47.7 Å². The Hall–Kier alpha value is -2.00. The zero-order chi connectivity index (χ0) is 17.5. The van der Waals surface area contributed by atoms with E-state index in [0.717, 1.165) is 18.4 Å². The summed E-state index contributed by atoms with van der Waals surface area (Å²) in [4.78, 5) is 14.1. The second kappa shape index (κ2) is 8.74. The number of rotatable bonds is 7. The Morgan fingerprint density at radius 1 is 1.17 bits per heavy atom. The number of hydrogen-bond acceptors (Lipinski definition) is 2. The first kappa shape index (κ1) is 18.3. The van der Waals surface area contributed by atoms with Gasteiger partial charge in [-0.05, 0) is 60.7 Å². The average Bonchev–Trinajstić information content (AvgIpc) is 2.61. The molecule has 0 atom stereocenters. The van der Waals surface area contributed by atoms with E-state index in [-0.39, 0.29) is 5.91 Å². The molecule has 126 valence electrons. The lowest BCUT2D eigenvalue weighted by molar-refractivity contribution is 0.0963. The molecule has 0 saturated carbocycles. The van der Waals surface area contributed by atoms with Crippen LogP contribution in [0.25, 0.3) is 5.57 Å². The van der Waals surface area contributed by atoms with E-state index >= 15 is 0 Å². The molecule has 2 aromatic carbocycles. The number of amides is 1. The van der Waals surface area contributed by atoms with Crippen molar-refractivity contribution in [3.63, 3.8) is 0 Å². The largest absolute Gasteiger partial charge is 0.355 e. The zero-order valence-electron chi connectivity index (χ0n) is 14.7. The van der Waals surface area contributed by atoms with Crippen molar-refractivity contribution in [2.24, 2.45) is 0 Å². The van der Waals surface area contributed by atoms with Crippen LogP contribution in [0.3, 0.4) is 0 Å². The summed E-state index contributed by atoms with van der Waals surface area (Å²) >= 11 is 1.74. The minimum absolute atomic E-state index is 0.0528. The Balaban J connectivity index is 2.25. The molecule has 3 heteroatoms. The van der Waals surface area contributed by atoms with Gasteiger partial charge < -0.3 is 5.32 Å². The maximum Gasteiger partial charge on any atom is 0.251 e. The van der Waals surface area contributed by atoms with Crippen LogP contribution in [0.5, 0.6) is 0 Å². The molecule has 0 aromatic heterocycles. The maximum absolute atomic E-state index is 11.7. The summed E-state index contributed by atoms with van der Waals surface area (Å²) in [6, 6.07) is 14.3. The van der Waals surface area contributed by atoms with Gasteiger partial charge in [-0.1, -0.05) is 49.9 Å². The highest BCUT2D eigenvalue weighted by molar-refractivity contribution is 7.99. The fourth-order valence-electron chi connectivity index (χ4n) is 2.54. The Kier molecular flexibility index (Phi) is 6.68. The highest BCUT2D eigenvalue weighted by Gasteiger charge is 2.10. The zero-order valence-corrected chi connectivity index (χ0v) is 15.5. The van der Waals surface area contributed by atoms with Gasteiger partial charge >= 0.3 is 0 Å². The molecule has 0 fully saturated rings. The quantitative estimate of drug-likeness (QED) is 0.700. The Morgan fingerprint density at radius 3 is 2.58 bits per heavy atom. The Morgan fingerprint density at radius 2 is 1.92 bits per heavy atom. The molecule has 1 amide bonds. The Labute approximate surface area is 149 Å². The summed E-state index contributed by atoms with van der Waals surface area (Å²) < 4.78 is 0. The number of carbonyl (C=O) groups is 1. The number of nitrogens with one attached hydrogen (secondary N) is 1. The third kappa shape index (κ3) is 4.51. The number of unbranched alkanes of at least 4 members (excludes halogenated alkanes) is 1. The summed E-state index contributed by atoms with van der Waals surface area (Å²) in [6.45, 7) is 8.51. The molecule has 2 aromatic rings. The van der Waals surface area contributed by atoms with E-state index < -0.39 is 0 Å². The van der Waals surface area contributed by atoms with E-state index in [9.17, 15) is 4.79 Å². The van der Waals surface area contributed by atoms with Crippen LogP contribution in [0, 0.1) is 6.92 Å². The number of allylic oxidation sites excluding steroid dienone is 1. The number of aryl methyl sites for hydroxylation is 1. The molecule has 1 N–H and O–H groups in total. The van der Waals surface area contributed by atoms with Gasteiger partial charge in [0.2, 0.25) is 0 Å². The van der Waals surface area contributed by atoms with Crippen LogP contribution >= 0.6 is 11.8 Å². The Bertz CT molecular complexity index is 736. The van der Waals surface area contributed by atoms with Gasteiger partial charge in [0, 0.05) is 22.4 Å². The van der Waals surface area contributed by atoms with Crippen LogP contribution in [0.2, 0.25) is 0 Å². The molecule has 0 unspecified atom stereocenters. The third-order valence-electron chi connectivity index (χ3n) is 3.98. The van der Waals surface area contributed by atoms with E-state index in [0.29, 0.717) is 5.56 Å². The fraction of sp³-hybridized carbons (Fsp3) is 0.286. The molecule has 2 rings (SSSR count). The molecule has 24 heavy (non-hydrogen) atoms. The summed E-state index contributed by atoms with van der Waals surface area (Å²) in [5.41, 5.74) is 4.22. The van der Waals surface area contributed by atoms with Crippen LogP contribution in [-0.2, 0) is 0 Å². The SMILES string of the molecule is C=C(CCCC)c1ccccc1Sc1ccc(C(=O)NC)cc1C. The van der Waals surface area contributed by atoms with Gasteiger partial charge in [0.25, 0.3) is 5.91 Å². The first-order chi connectivity index (χ1) is 11.6. The summed E-state index contributed by atoms with van der Waals surface area (Å²) in [5.74, 6) is -0.0528. The lowest BCUT2D eigenvalue weighted by Crippen LogP contribution is -2.17. The second-order valence-electron chi connectivity index (χ2n) is 5.86. The van der Waals surface area contributed by atoms with Gasteiger partial charge in [-0.25, -0.2) is 0 Å². The average molecular weight is 340 g/mol. The van der Waals surface area contributed by atoms with Crippen molar-refractivity contribution in [1.82, 2.24) is 5.32 Å². The van der Waals surface area contributed by atoms with Crippen LogP contribution in [0.4, 0.5) is 0 Å². The summed E-state index contributed by atoms with van der Waals surface area (Å²) in [5, 5.41) is 2.66. The summed E-state index contributed by atoms with van der Waals surface area (Å²) in [7, 11) is 1.65. The van der Waals surface area contributed by atoms with Crippen molar-refractivity contribution in [3.8, 4) is 0 Å². The molecule has 0 radical (unpaired) electrons. The minimum Gasteiger partial charge on any atom is -0.355 e. The van der Waals surface area contributed by atoms with Gasteiger partial charge in [0.1, 0.15) is 0 Å². The molecule has 0 aliphatic rings. The highest BCUT2D eigenvalue weighted by Crippen LogP contribution is 2.36. The van der Waals surface area contributed by atoms with Gasteiger partial charge in [-0.2, -0.15) is 0 Å². The van der Waals surface area contributed by atoms with Crippen LogP contribution in [0.15, 0.2) is 58.8 Å². The van der Waals surface area contributed by atoms with Crippen molar-refractivity contribution in [1.29, 1.82) is 0 Å². The molecular weight excluding hydrogens is 314 g/mol. The number of benzene rings is 2. The smallest absolute Gasteiger partial charge is 0.251 e. The van der Waals surface area contributed by atoms with E-state index in [1.54, 1.807) is 18.8 Å². The van der Waals surface area contributed by atoms with E-state index in [1.165, 1.54) is 27.3 Å². The monoisotopic (exact) mass is 339 g/mol. The normalized spacial score (nSPS) is 10.5. The van der Waals surface area contributed by atoms with E-state index in [4.69, 9.17) is 0 Å². The van der Waals surface area contributed by atoms with Crippen molar-refractivity contribution < 1.29 is 4.79 Å². The summed E-state index contributed by atoms with van der Waals surface area (Å²) in [6.07, 6.45) is 3.37. The lowest BCUT2D eigenvalue weighted by Gasteiger charge is -2.13.